The van der Waals surface area contributed by atoms with Crippen LogP contribution in [0.2, 0.25) is 0 Å². The Morgan fingerprint density at radius 3 is 2.35 bits per heavy atom. The molecule has 2 atom stereocenters. The summed E-state index contributed by atoms with van der Waals surface area (Å²) in [6.07, 6.45) is 6.05. The fraction of sp³-hybridized carbons (Fsp3) is 1.00. The van der Waals surface area contributed by atoms with Crippen LogP contribution in [0.5, 0.6) is 0 Å². The van der Waals surface area contributed by atoms with Crippen LogP contribution in [0, 0.1) is 11.8 Å². The van der Waals surface area contributed by atoms with Gasteiger partial charge >= 0.3 is 0 Å². The second-order valence-corrected chi connectivity index (χ2v) is 7.45. The standard InChI is InChI=1S/C12H24ClNO2S/c1-10(8-13)9-17(15,16)14-11(2)12-6-4-3-5-7-12/h10-12,14H,3-9H2,1-2H3/t10?,11-/m1/s1. The summed E-state index contributed by atoms with van der Waals surface area (Å²) in [6, 6.07) is 0.0582. The molecule has 0 radical (unpaired) electrons. The molecule has 0 aromatic carbocycles. The monoisotopic (exact) mass is 281 g/mol. The Morgan fingerprint density at radius 2 is 1.82 bits per heavy atom. The van der Waals surface area contributed by atoms with Gasteiger partial charge in [0.05, 0.1) is 5.75 Å². The minimum absolute atomic E-state index is 0.00715. The predicted molar refractivity (Wildman–Crippen MR) is 72.8 cm³/mol. The highest BCUT2D eigenvalue weighted by atomic mass is 35.5. The fourth-order valence-electron chi connectivity index (χ4n) is 2.48. The summed E-state index contributed by atoms with van der Waals surface area (Å²) in [5, 5.41) is 0. The molecule has 17 heavy (non-hydrogen) atoms. The van der Waals surface area contributed by atoms with Crippen LogP contribution in [0.25, 0.3) is 0 Å². The summed E-state index contributed by atoms with van der Waals surface area (Å²) in [4.78, 5) is 0. The second-order valence-electron chi connectivity index (χ2n) is 5.35. The molecule has 1 fully saturated rings. The lowest BCUT2D eigenvalue weighted by Crippen LogP contribution is -2.41. The van der Waals surface area contributed by atoms with Crippen molar-refractivity contribution in [1.29, 1.82) is 0 Å². The van der Waals surface area contributed by atoms with Gasteiger partial charge in [-0.1, -0.05) is 26.2 Å². The topological polar surface area (TPSA) is 46.2 Å². The van der Waals surface area contributed by atoms with E-state index < -0.39 is 10.0 Å². The molecule has 1 saturated carbocycles. The minimum atomic E-state index is -3.18. The Hall–Kier alpha value is 0.200. The van der Waals surface area contributed by atoms with Gasteiger partial charge in [0.15, 0.2) is 0 Å². The number of nitrogens with one attached hydrogen (secondary N) is 1. The van der Waals surface area contributed by atoms with Gasteiger partial charge in [-0.2, -0.15) is 0 Å². The molecule has 102 valence electrons. The van der Waals surface area contributed by atoms with Gasteiger partial charge in [0.2, 0.25) is 10.0 Å². The molecule has 3 nitrogen and oxygen atoms in total. The van der Waals surface area contributed by atoms with E-state index in [1.54, 1.807) is 0 Å². The molecule has 0 aliphatic heterocycles. The largest absolute Gasteiger partial charge is 0.212 e. The summed E-state index contributed by atoms with van der Waals surface area (Å²) >= 11 is 5.65. The lowest BCUT2D eigenvalue weighted by atomic mass is 9.85. The van der Waals surface area contributed by atoms with E-state index >= 15 is 0 Å². The first-order valence-electron chi connectivity index (χ1n) is 6.50. The third-order valence-electron chi connectivity index (χ3n) is 3.49. The highest BCUT2D eigenvalue weighted by Gasteiger charge is 2.24. The van der Waals surface area contributed by atoms with E-state index in [0.29, 0.717) is 11.8 Å². The molecule has 0 aromatic heterocycles. The fourth-order valence-corrected chi connectivity index (χ4v) is 4.44. The van der Waals surface area contributed by atoms with Crippen LogP contribution in [-0.2, 0) is 10.0 Å². The molecule has 0 aromatic rings. The van der Waals surface area contributed by atoms with Crippen molar-refractivity contribution in [2.75, 3.05) is 11.6 Å². The Kier molecular flexibility index (Phi) is 6.24. The molecule has 0 heterocycles. The van der Waals surface area contributed by atoms with Crippen LogP contribution in [0.15, 0.2) is 0 Å². The van der Waals surface area contributed by atoms with Crippen LogP contribution in [0.4, 0.5) is 0 Å². The van der Waals surface area contributed by atoms with E-state index in [4.69, 9.17) is 11.6 Å². The summed E-state index contributed by atoms with van der Waals surface area (Å²) in [5.74, 6) is 1.03. The third kappa shape index (κ3) is 5.58. The molecule has 5 heteroatoms. The zero-order chi connectivity index (χ0) is 12.9. The zero-order valence-corrected chi connectivity index (χ0v) is 12.4. The number of alkyl halides is 1. The molecular formula is C12H24ClNO2S. The van der Waals surface area contributed by atoms with Crippen molar-refractivity contribution in [1.82, 2.24) is 4.72 Å². The lowest BCUT2D eigenvalue weighted by molar-refractivity contribution is 0.303. The van der Waals surface area contributed by atoms with E-state index in [1.165, 1.54) is 19.3 Å². The highest BCUT2D eigenvalue weighted by Crippen LogP contribution is 2.26. The van der Waals surface area contributed by atoms with Gasteiger partial charge < -0.3 is 0 Å². The summed E-state index contributed by atoms with van der Waals surface area (Å²) < 4.78 is 26.6. The number of sulfonamides is 1. The number of halogens is 1. The maximum atomic E-state index is 11.9. The summed E-state index contributed by atoms with van der Waals surface area (Å²) in [7, 11) is -3.18. The number of hydrogen-bond acceptors (Lipinski definition) is 2. The van der Waals surface area contributed by atoms with Crippen molar-refractivity contribution in [3.05, 3.63) is 0 Å². The van der Waals surface area contributed by atoms with Crippen molar-refractivity contribution in [2.45, 2.75) is 52.0 Å². The number of hydrogen-bond donors (Lipinski definition) is 1. The first kappa shape index (κ1) is 15.3. The van der Waals surface area contributed by atoms with Gasteiger partial charge in [-0.25, -0.2) is 13.1 Å². The van der Waals surface area contributed by atoms with Crippen molar-refractivity contribution in [3.8, 4) is 0 Å². The molecule has 1 N–H and O–H groups in total. The van der Waals surface area contributed by atoms with Crippen molar-refractivity contribution in [3.63, 3.8) is 0 Å². The minimum Gasteiger partial charge on any atom is -0.212 e. The lowest BCUT2D eigenvalue weighted by Gasteiger charge is -2.28. The molecule has 1 aliphatic carbocycles. The van der Waals surface area contributed by atoms with Gasteiger partial charge in [0, 0.05) is 11.9 Å². The maximum Gasteiger partial charge on any atom is 0.212 e. The quantitative estimate of drug-likeness (QED) is 0.761. The van der Waals surface area contributed by atoms with E-state index in [1.807, 2.05) is 13.8 Å². The van der Waals surface area contributed by atoms with Crippen molar-refractivity contribution in [2.24, 2.45) is 11.8 Å². The normalized spacial score (nSPS) is 22.3. The molecule has 0 amide bonds. The van der Waals surface area contributed by atoms with Crippen LogP contribution >= 0.6 is 11.6 Å². The first-order chi connectivity index (χ1) is 7.94. The van der Waals surface area contributed by atoms with E-state index in [9.17, 15) is 8.42 Å². The van der Waals surface area contributed by atoms with Gasteiger partial charge in [0.1, 0.15) is 0 Å². The summed E-state index contributed by atoms with van der Waals surface area (Å²) in [6.45, 7) is 3.84. The SMILES string of the molecule is CC(CCl)CS(=O)(=O)N[C@H](C)C1CCCCC1. The van der Waals surface area contributed by atoms with Gasteiger partial charge in [-0.15, -0.1) is 11.6 Å². The van der Waals surface area contributed by atoms with Crippen LogP contribution < -0.4 is 4.72 Å². The second kappa shape index (κ2) is 6.95. The Bertz CT molecular complexity index is 312. The third-order valence-corrected chi connectivity index (χ3v) is 5.76. The molecular weight excluding hydrogens is 258 g/mol. The van der Waals surface area contributed by atoms with E-state index in [-0.39, 0.29) is 17.7 Å². The van der Waals surface area contributed by atoms with E-state index in [2.05, 4.69) is 4.72 Å². The molecule has 1 aliphatic rings. The molecule has 0 bridgehead atoms. The molecule has 1 unspecified atom stereocenters. The van der Waals surface area contributed by atoms with Gasteiger partial charge in [-0.05, 0) is 31.6 Å². The van der Waals surface area contributed by atoms with Crippen LogP contribution in [0.3, 0.4) is 0 Å². The smallest absolute Gasteiger partial charge is 0.212 e. The zero-order valence-electron chi connectivity index (χ0n) is 10.8. The van der Waals surface area contributed by atoms with Gasteiger partial charge in [0.25, 0.3) is 0 Å². The first-order valence-corrected chi connectivity index (χ1v) is 8.69. The van der Waals surface area contributed by atoms with Crippen molar-refractivity contribution < 1.29 is 8.42 Å². The van der Waals surface area contributed by atoms with Crippen LogP contribution in [-0.4, -0.2) is 26.1 Å². The summed E-state index contributed by atoms with van der Waals surface area (Å²) in [5.41, 5.74) is 0. The Balaban J connectivity index is 2.45. The number of rotatable bonds is 6. The predicted octanol–water partition coefficient (Wildman–Crippen LogP) is 2.75. The molecule has 0 saturated heterocycles. The maximum absolute atomic E-state index is 11.9. The Labute approximate surface area is 110 Å². The average molecular weight is 282 g/mol. The van der Waals surface area contributed by atoms with Gasteiger partial charge in [-0.3, -0.25) is 0 Å². The molecule has 1 rings (SSSR count). The van der Waals surface area contributed by atoms with Crippen molar-refractivity contribution >= 4 is 21.6 Å². The highest BCUT2D eigenvalue weighted by molar-refractivity contribution is 7.89. The van der Waals surface area contributed by atoms with E-state index in [0.717, 1.165) is 12.8 Å². The molecule has 0 spiro atoms. The average Bonchev–Trinajstić information content (AvgIpc) is 2.28. The Morgan fingerprint density at radius 1 is 1.24 bits per heavy atom. The van der Waals surface area contributed by atoms with Crippen LogP contribution in [0.1, 0.15) is 46.0 Å².